The van der Waals surface area contributed by atoms with E-state index >= 15 is 0 Å². The van der Waals surface area contributed by atoms with Gasteiger partial charge in [0.05, 0.1) is 11.7 Å². The molecule has 0 radical (unpaired) electrons. The van der Waals surface area contributed by atoms with Crippen molar-refractivity contribution in [3.05, 3.63) is 47.0 Å². The van der Waals surface area contributed by atoms with Crippen LogP contribution in [0.25, 0.3) is 0 Å². The molecule has 6 heteroatoms. The van der Waals surface area contributed by atoms with E-state index in [9.17, 15) is 9.18 Å². The summed E-state index contributed by atoms with van der Waals surface area (Å²) >= 11 is 1.71. The molecule has 2 heterocycles. The Bertz CT molecular complexity index is 729. The zero-order valence-corrected chi connectivity index (χ0v) is 14.1. The lowest BCUT2D eigenvalue weighted by atomic mass is 10.0. The first-order chi connectivity index (χ1) is 11.0. The SMILES string of the molecule is Cc1nn(C)cc1CCC(=O)NC1CCSc2ccc(F)cc21. The van der Waals surface area contributed by atoms with Crippen LogP contribution in [0.5, 0.6) is 0 Å². The molecule has 0 saturated carbocycles. The highest BCUT2D eigenvalue weighted by Gasteiger charge is 2.22. The largest absolute Gasteiger partial charge is 0.349 e. The number of benzene rings is 1. The van der Waals surface area contributed by atoms with Crippen molar-refractivity contribution in [1.29, 1.82) is 0 Å². The van der Waals surface area contributed by atoms with Gasteiger partial charge in [-0.15, -0.1) is 11.8 Å². The van der Waals surface area contributed by atoms with Crippen LogP contribution >= 0.6 is 11.8 Å². The van der Waals surface area contributed by atoms with Crippen LogP contribution in [0, 0.1) is 12.7 Å². The van der Waals surface area contributed by atoms with Crippen LogP contribution in [0.3, 0.4) is 0 Å². The summed E-state index contributed by atoms with van der Waals surface area (Å²) in [6.45, 7) is 1.95. The number of nitrogens with one attached hydrogen (secondary N) is 1. The fourth-order valence-electron chi connectivity index (χ4n) is 2.92. The van der Waals surface area contributed by atoms with Crippen LogP contribution < -0.4 is 5.32 Å². The molecule has 1 aliphatic rings. The number of fused-ring (bicyclic) bond motifs is 1. The first kappa shape index (κ1) is 16.1. The molecule has 0 aliphatic carbocycles. The number of aromatic nitrogens is 2. The summed E-state index contributed by atoms with van der Waals surface area (Å²) in [5, 5.41) is 7.34. The average molecular weight is 333 g/mol. The van der Waals surface area contributed by atoms with Crippen molar-refractivity contribution >= 4 is 17.7 Å². The second-order valence-electron chi connectivity index (χ2n) is 5.85. The van der Waals surface area contributed by atoms with E-state index in [0.29, 0.717) is 12.8 Å². The monoisotopic (exact) mass is 333 g/mol. The quantitative estimate of drug-likeness (QED) is 0.935. The first-order valence-corrected chi connectivity index (χ1v) is 8.72. The van der Waals surface area contributed by atoms with E-state index in [1.807, 2.05) is 20.2 Å². The molecule has 1 aromatic carbocycles. The van der Waals surface area contributed by atoms with Gasteiger partial charge in [0.25, 0.3) is 0 Å². The number of amides is 1. The van der Waals surface area contributed by atoms with E-state index in [0.717, 1.165) is 33.9 Å². The zero-order valence-electron chi connectivity index (χ0n) is 13.3. The topological polar surface area (TPSA) is 46.9 Å². The van der Waals surface area contributed by atoms with Gasteiger partial charge in [-0.1, -0.05) is 0 Å². The number of hydrogen-bond acceptors (Lipinski definition) is 3. The van der Waals surface area contributed by atoms with E-state index in [-0.39, 0.29) is 17.8 Å². The smallest absolute Gasteiger partial charge is 0.220 e. The van der Waals surface area contributed by atoms with Gasteiger partial charge in [0.15, 0.2) is 0 Å². The second-order valence-corrected chi connectivity index (χ2v) is 6.99. The van der Waals surface area contributed by atoms with E-state index < -0.39 is 0 Å². The molecular weight excluding hydrogens is 313 g/mol. The second kappa shape index (κ2) is 6.74. The Morgan fingerprint density at radius 1 is 1.52 bits per heavy atom. The molecule has 0 fully saturated rings. The maximum atomic E-state index is 13.5. The lowest BCUT2D eigenvalue weighted by Gasteiger charge is -2.26. The predicted molar refractivity (Wildman–Crippen MR) is 88.9 cm³/mol. The predicted octanol–water partition coefficient (Wildman–Crippen LogP) is 3.15. The number of thioether (sulfide) groups is 1. The van der Waals surface area contributed by atoms with Crippen molar-refractivity contribution in [3.63, 3.8) is 0 Å². The standard InChI is InChI=1S/C17H20FN3OS/c1-11-12(10-21(2)20-11)3-6-17(22)19-15-7-8-23-16-5-4-13(18)9-14(15)16/h4-5,9-10,15H,3,6-8H2,1-2H3,(H,19,22). The number of halogens is 1. The molecule has 0 saturated heterocycles. The Labute approximate surface area is 139 Å². The molecule has 1 amide bonds. The van der Waals surface area contributed by atoms with Crippen LogP contribution in [-0.4, -0.2) is 21.4 Å². The minimum atomic E-state index is -0.253. The summed E-state index contributed by atoms with van der Waals surface area (Å²) in [6.07, 6.45) is 3.87. The molecule has 4 nitrogen and oxygen atoms in total. The fraction of sp³-hybridized carbons (Fsp3) is 0.412. The van der Waals surface area contributed by atoms with Gasteiger partial charge in [0.2, 0.25) is 5.91 Å². The highest BCUT2D eigenvalue weighted by atomic mass is 32.2. The molecule has 1 N–H and O–H groups in total. The van der Waals surface area contributed by atoms with Crippen molar-refractivity contribution in [2.75, 3.05) is 5.75 Å². The van der Waals surface area contributed by atoms with E-state index in [4.69, 9.17) is 0 Å². The number of hydrogen-bond donors (Lipinski definition) is 1. The fourth-order valence-corrected chi connectivity index (χ4v) is 4.03. The molecule has 0 spiro atoms. The molecule has 122 valence electrons. The van der Waals surface area contributed by atoms with Gasteiger partial charge in [-0.2, -0.15) is 5.10 Å². The van der Waals surface area contributed by atoms with E-state index in [1.165, 1.54) is 12.1 Å². The summed E-state index contributed by atoms with van der Waals surface area (Å²) in [4.78, 5) is 13.3. The van der Waals surface area contributed by atoms with Gasteiger partial charge in [0.1, 0.15) is 5.82 Å². The number of aryl methyl sites for hydroxylation is 3. The maximum absolute atomic E-state index is 13.5. The normalized spacial score (nSPS) is 16.9. The van der Waals surface area contributed by atoms with Crippen molar-refractivity contribution in [1.82, 2.24) is 15.1 Å². The highest BCUT2D eigenvalue weighted by Crippen LogP contribution is 2.36. The summed E-state index contributed by atoms with van der Waals surface area (Å²) in [6, 6.07) is 4.72. The molecule has 2 aromatic rings. The number of carbonyl (C=O) groups is 1. The average Bonchev–Trinajstić information content (AvgIpc) is 2.84. The van der Waals surface area contributed by atoms with Crippen LogP contribution in [0.1, 0.15) is 35.7 Å². The summed E-state index contributed by atoms with van der Waals surface area (Å²) in [5.74, 6) is 0.683. The van der Waals surface area contributed by atoms with Gasteiger partial charge >= 0.3 is 0 Å². The summed E-state index contributed by atoms with van der Waals surface area (Å²) < 4.78 is 15.3. The van der Waals surface area contributed by atoms with Crippen molar-refractivity contribution in [2.45, 2.75) is 37.1 Å². The number of carbonyl (C=O) groups excluding carboxylic acids is 1. The minimum absolute atomic E-state index is 0.000337. The van der Waals surface area contributed by atoms with Crippen LogP contribution in [-0.2, 0) is 18.3 Å². The molecular formula is C17H20FN3OS. The Hall–Kier alpha value is -1.82. The van der Waals surface area contributed by atoms with Gasteiger partial charge in [-0.05, 0) is 49.1 Å². The molecule has 3 rings (SSSR count). The van der Waals surface area contributed by atoms with Crippen molar-refractivity contribution in [2.24, 2.45) is 7.05 Å². The molecule has 1 aliphatic heterocycles. The van der Waals surface area contributed by atoms with Crippen LogP contribution in [0.2, 0.25) is 0 Å². The third-order valence-electron chi connectivity index (χ3n) is 4.08. The molecule has 1 atom stereocenters. The highest BCUT2D eigenvalue weighted by molar-refractivity contribution is 7.99. The van der Waals surface area contributed by atoms with Crippen molar-refractivity contribution < 1.29 is 9.18 Å². The minimum Gasteiger partial charge on any atom is -0.349 e. The van der Waals surface area contributed by atoms with Crippen LogP contribution in [0.4, 0.5) is 4.39 Å². The number of rotatable bonds is 4. The molecule has 1 unspecified atom stereocenters. The summed E-state index contributed by atoms with van der Waals surface area (Å²) in [7, 11) is 1.88. The molecule has 1 aromatic heterocycles. The lowest BCUT2D eigenvalue weighted by Crippen LogP contribution is -2.30. The first-order valence-electron chi connectivity index (χ1n) is 7.73. The Balaban J connectivity index is 1.63. The van der Waals surface area contributed by atoms with Crippen molar-refractivity contribution in [3.8, 4) is 0 Å². The third kappa shape index (κ3) is 3.75. The Kier molecular flexibility index (Phi) is 4.71. The lowest BCUT2D eigenvalue weighted by molar-refractivity contribution is -0.121. The third-order valence-corrected chi connectivity index (χ3v) is 5.21. The van der Waals surface area contributed by atoms with E-state index in [2.05, 4.69) is 10.4 Å². The number of nitrogens with zero attached hydrogens (tertiary/aromatic N) is 2. The molecule has 23 heavy (non-hydrogen) atoms. The van der Waals surface area contributed by atoms with Gasteiger partial charge in [-0.25, -0.2) is 4.39 Å². The van der Waals surface area contributed by atoms with Gasteiger partial charge in [0, 0.05) is 30.3 Å². The van der Waals surface area contributed by atoms with Gasteiger partial charge < -0.3 is 5.32 Å². The summed E-state index contributed by atoms with van der Waals surface area (Å²) in [5.41, 5.74) is 2.95. The Morgan fingerprint density at radius 2 is 2.35 bits per heavy atom. The Morgan fingerprint density at radius 3 is 3.09 bits per heavy atom. The van der Waals surface area contributed by atoms with E-state index in [1.54, 1.807) is 22.5 Å². The van der Waals surface area contributed by atoms with Gasteiger partial charge in [-0.3, -0.25) is 9.48 Å². The zero-order chi connectivity index (χ0) is 16.4. The maximum Gasteiger partial charge on any atom is 0.220 e. The van der Waals surface area contributed by atoms with Crippen LogP contribution in [0.15, 0.2) is 29.3 Å². The molecule has 0 bridgehead atoms.